The van der Waals surface area contributed by atoms with Gasteiger partial charge in [-0.1, -0.05) is 12.8 Å². The van der Waals surface area contributed by atoms with Crippen LogP contribution in [-0.2, 0) is 9.59 Å². The number of nitrogens with zero attached hydrogens (tertiary/aromatic N) is 2. The molecule has 0 radical (unpaired) electrons. The Balaban J connectivity index is 0.000000541. The van der Waals surface area contributed by atoms with Gasteiger partial charge in [0.05, 0.1) is 11.8 Å². The van der Waals surface area contributed by atoms with Gasteiger partial charge in [0.25, 0.3) is 0 Å². The van der Waals surface area contributed by atoms with Crippen molar-refractivity contribution in [1.82, 2.24) is 9.80 Å². The van der Waals surface area contributed by atoms with Gasteiger partial charge in [0, 0.05) is 26.2 Å². The van der Waals surface area contributed by atoms with Crippen LogP contribution in [0.25, 0.3) is 0 Å². The second-order valence-electron chi connectivity index (χ2n) is 5.75. The van der Waals surface area contributed by atoms with Gasteiger partial charge in [0.2, 0.25) is 5.91 Å². The predicted molar refractivity (Wildman–Crippen MR) is 77.8 cm³/mol. The molecule has 1 saturated heterocycles. The summed E-state index contributed by atoms with van der Waals surface area (Å²) in [6, 6.07) is 0. The zero-order chi connectivity index (χ0) is 16.7. The molecule has 2 fully saturated rings. The van der Waals surface area contributed by atoms with E-state index >= 15 is 0 Å². The lowest BCUT2D eigenvalue weighted by Crippen LogP contribution is -2.51. The fraction of sp³-hybridized carbons (Fsp3) is 0.786. The first-order valence-corrected chi connectivity index (χ1v) is 7.45. The third-order valence-corrected chi connectivity index (χ3v) is 4.22. The van der Waals surface area contributed by atoms with E-state index in [4.69, 9.17) is 15.0 Å². The number of likely N-dealkylation sites (N-methyl/N-ethyl adjacent to an activating group) is 1. The Hall–Kier alpha value is -1.83. The number of amides is 1. The highest BCUT2D eigenvalue weighted by molar-refractivity contribution is 5.85. The molecule has 3 N–H and O–H groups in total. The van der Waals surface area contributed by atoms with Crippen molar-refractivity contribution >= 4 is 18.0 Å². The summed E-state index contributed by atoms with van der Waals surface area (Å²) in [6.45, 7) is 3.24. The van der Waals surface area contributed by atoms with Gasteiger partial charge < -0.3 is 25.1 Å². The molecule has 8 heteroatoms. The lowest BCUT2D eigenvalue weighted by Gasteiger charge is -2.37. The summed E-state index contributed by atoms with van der Waals surface area (Å²) in [5.41, 5.74) is 0. The number of hydrogen-bond donors (Lipinski definition) is 3. The highest BCUT2D eigenvalue weighted by Crippen LogP contribution is 2.31. The summed E-state index contributed by atoms with van der Waals surface area (Å²) in [5, 5.41) is 23.2. The molecule has 0 bridgehead atoms. The van der Waals surface area contributed by atoms with Crippen LogP contribution in [0.4, 0.5) is 4.79 Å². The molecule has 22 heavy (non-hydrogen) atoms. The second kappa shape index (κ2) is 8.57. The quantitative estimate of drug-likeness (QED) is 0.691. The Morgan fingerprint density at radius 3 is 1.77 bits per heavy atom. The minimum atomic E-state index is -1.83. The van der Waals surface area contributed by atoms with Crippen molar-refractivity contribution in [2.45, 2.75) is 25.7 Å². The van der Waals surface area contributed by atoms with Gasteiger partial charge in [-0.05, 0) is 19.9 Å². The van der Waals surface area contributed by atoms with Gasteiger partial charge >= 0.3 is 12.1 Å². The van der Waals surface area contributed by atoms with Gasteiger partial charge in [-0.25, -0.2) is 4.79 Å². The van der Waals surface area contributed by atoms with Crippen molar-refractivity contribution < 1.29 is 29.7 Å². The predicted octanol–water partition coefficient (Wildman–Crippen LogP) is 0.874. The van der Waals surface area contributed by atoms with E-state index in [1.807, 2.05) is 11.9 Å². The molecule has 1 aliphatic heterocycles. The largest absolute Gasteiger partial charge is 0.503 e. The zero-order valence-electron chi connectivity index (χ0n) is 12.8. The lowest BCUT2D eigenvalue weighted by molar-refractivity contribution is -0.153. The minimum Gasteiger partial charge on any atom is -0.481 e. The number of piperazine rings is 1. The molecule has 2 atom stereocenters. The second-order valence-corrected chi connectivity index (χ2v) is 5.75. The highest BCUT2D eigenvalue weighted by atomic mass is 16.6. The van der Waals surface area contributed by atoms with Crippen LogP contribution in [0, 0.1) is 11.8 Å². The van der Waals surface area contributed by atoms with Crippen LogP contribution in [-0.4, -0.2) is 76.4 Å². The molecule has 0 aromatic carbocycles. The fourth-order valence-corrected chi connectivity index (χ4v) is 2.98. The monoisotopic (exact) mass is 316 g/mol. The molecule has 2 rings (SSSR count). The van der Waals surface area contributed by atoms with E-state index in [0.717, 1.165) is 45.4 Å². The molecule has 1 saturated carbocycles. The molecule has 0 spiro atoms. The van der Waals surface area contributed by atoms with Crippen molar-refractivity contribution in [3.05, 3.63) is 0 Å². The van der Waals surface area contributed by atoms with Gasteiger partial charge in [-0.2, -0.15) is 0 Å². The van der Waals surface area contributed by atoms with Crippen LogP contribution >= 0.6 is 0 Å². The summed E-state index contributed by atoms with van der Waals surface area (Å²) in [4.78, 5) is 36.2. The number of aliphatic carboxylic acids is 1. The van der Waals surface area contributed by atoms with Crippen LogP contribution in [0.2, 0.25) is 0 Å². The first-order valence-electron chi connectivity index (χ1n) is 7.45. The molecule has 0 aromatic heterocycles. The van der Waals surface area contributed by atoms with Gasteiger partial charge in [-0.3, -0.25) is 9.59 Å². The molecule has 1 amide bonds. The van der Waals surface area contributed by atoms with Crippen molar-refractivity contribution in [1.29, 1.82) is 0 Å². The molecule has 2 unspecified atom stereocenters. The smallest absolute Gasteiger partial charge is 0.481 e. The molecule has 1 heterocycles. The number of carboxylic acids is 1. The fourth-order valence-electron chi connectivity index (χ4n) is 2.98. The average Bonchev–Trinajstić information content (AvgIpc) is 2.46. The van der Waals surface area contributed by atoms with Gasteiger partial charge in [-0.15, -0.1) is 0 Å². The SMILES string of the molecule is CN1CCN(C(=O)C2CCCCC2C(=O)O)CC1.O=C(O)O. The van der Waals surface area contributed by atoms with E-state index in [2.05, 4.69) is 4.90 Å². The number of hydrogen-bond acceptors (Lipinski definition) is 4. The Labute approximate surface area is 129 Å². The molecule has 8 nitrogen and oxygen atoms in total. The molecule has 1 aliphatic carbocycles. The van der Waals surface area contributed by atoms with Crippen molar-refractivity contribution in [2.75, 3.05) is 33.2 Å². The third kappa shape index (κ3) is 5.51. The lowest BCUT2D eigenvalue weighted by atomic mass is 9.78. The summed E-state index contributed by atoms with van der Waals surface area (Å²) in [5.74, 6) is -1.50. The highest BCUT2D eigenvalue weighted by Gasteiger charge is 2.38. The summed E-state index contributed by atoms with van der Waals surface area (Å²) < 4.78 is 0. The Morgan fingerprint density at radius 2 is 1.32 bits per heavy atom. The van der Waals surface area contributed by atoms with Crippen molar-refractivity contribution in [2.24, 2.45) is 11.8 Å². The molecular weight excluding hydrogens is 292 g/mol. The van der Waals surface area contributed by atoms with Crippen LogP contribution in [0.5, 0.6) is 0 Å². The number of carbonyl (C=O) groups is 3. The maximum Gasteiger partial charge on any atom is 0.503 e. The Morgan fingerprint density at radius 1 is 0.864 bits per heavy atom. The van der Waals surface area contributed by atoms with E-state index in [0.29, 0.717) is 6.42 Å². The normalized spacial score (nSPS) is 25.8. The number of rotatable bonds is 2. The van der Waals surface area contributed by atoms with E-state index in [9.17, 15) is 14.7 Å². The number of carbonyl (C=O) groups excluding carboxylic acids is 1. The van der Waals surface area contributed by atoms with Crippen molar-refractivity contribution in [3.63, 3.8) is 0 Å². The van der Waals surface area contributed by atoms with Gasteiger partial charge in [0.1, 0.15) is 0 Å². The maximum absolute atomic E-state index is 12.4. The summed E-state index contributed by atoms with van der Waals surface area (Å²) in [7, 11) is 2.04. The minimum absolute atomic E-state index is 0.0650. The van der Waals surface area contributed by atoms with E-state index in [1.165, 1.54) is 0 Å². The molecular formula is C14H24N2O6. The number of carboxylic acid groups (broad SMARTS) is 3. The Bertz CT molecular complexity index is 402. The standard InChI is InChI=1S/C13H22N2O3.CH2O3/c1-14-6-8-15(9-7-14)12(16)10-4-2-3-5-11(10)13(17)18;2-1(3)4/h10-11H,2-9H2,1H3,(H,17,18);(H2,2,3,4). The molecule has 126 valence electrons. The summed E-state index contributed by atoms with van der Waals surface area (Å²) >= 11 is 0. The maximum atomic E-state index is 12.4. The topological polar surface area (TPSA) is 118 Å². The first-order chi connectivity index (χ1) is 10.3. The van der Waals surface area contributed by atoms with Crippen molar-refractivity contribution in [3.8, 4) is 0 Å². The van der Waals surface area contributed by atoms with E-state index in [1.54, 1.807) is 0 Å². The van der Waals surface area contributed by atoms with E-state index < -0.39 is 18.0 Å². The van der Waals surface area contributed by atoms with Crippen LogP contribution in [0.1, 0.15) is 25.7 Å². The zero-order valence-corrected chi connectivity index (χ0v) is 12.8. The van der Waals surface area contributed by atoms with Crippen LogP contribution in [0.3, 0.4) is 0 Å². The first kappa shape index (κ1) is 18.2. The Kier molecular flexibility index (Phi) is 7.10. The molecule has 0 aromatic rings. The third-order valence-electron chi connectivity index (χ3n) is 4.22. The summed E-state index contributed by atoms with van der Waals surface area (Å²) in [6.07, 6.45) is 1.47. The van der Waals surface area contributed by atoms with Crippen LogP contribution in [0.15, 0.2) is 0 Å². The van der Waals surface area contributed by atoms with Gasteiger partial charge in [0.15, 0.2) is 0 Å². The average molecular weight is 316 g/mol. The van der Waals surface area contributed by atoms with E-state index in [-0.39, 0.29) is 11.8 Å². The molecule has 2 aliphatic rings. The van der Waals surface area contributed by atoms with Crippen LogP contribution < -0.4 is 0 Å².